The molecule has 24 heavy (non-hydrogen) atoms. The van der Waals surface area contributed by atoms with Gasteiger partial charge < -0.3 is 14.4 Å². The lowest BCUT2D eigenvalue weighted by Gasteiger charge is -2.33. The highest BCUT2D eigenvalue weighted by Gasteiger charge is 2.44. The number of amides is 1. The maximum Gasteiger partial charge on any atom is 0.309 e. The number of carbonyl (C=O) groups is 2. The van der Waals surface area contributed by atoms with E-state index >= 15 is 0 Å². The van der Waals surface area contributed by atoms with Crippen LogP contribution in [0.15, 0.2) is 12.1 Å². The first-order chi connectivity index (χ1) is 11.5. The topological polar surface area (TPSA) is 55.8 Å². The van der Waals surface area contributed by atoms with E-state index in [2.05, 4.69) is 0 Å². The van der Waals surface area contributed by atoms with E-state index in [0.29, 0.717) is 28.8 Å². The van der Waals surface area contributed by atoms with Gasteiger partial charge in [0.15, 0.2) is 0 Å². The molecule has 0 N–H and O–H groups in total. The van der Waals surface area contributed by atoms with Crippen molar-refractivity contribution in [2.45, 2.75) is 31.2 Å². The molecule has 0 aliphatic carbocycles. The third kappa shape index (κ3) is 2.95. The first kappa shape index (κ1) is 17.4. The number of benzene rings is 1. The van der Waals surface area contributed by atoms with Gasteiger partial charge in [0, 0.05) is 30.5 Å². The lowest BCUT2D eigenvalue weighted by molar-refractivity contribution is -0.153. The van der Waals surface area contributed by atoms with Gasteiger partial charge in [-0.15, -0.1) is 0 Å². The third-order valence-corrected chi connectivity index (χ3v) is 5.79. The standard InChI is InChI=1S/C17H19Cl2NO4/c1-23-13-4-3-12(18)16(19)15(13)10-6-11-5-9(17(22)24-2)7-14(21)20(11)8-10/h3-4,9-11H,5-8H2,1-2H3/t9?,10-,11+/m0/s1. The third-order valence-electron chi connectivity index (χ3n) is 4.97. The lowest BCUT2D eigenvalue weighted by Crippen LogP contribution is -2.44. The number of piperidine rings is 1. The van der Waals surface area contributed by atoms with Crippen LogP contribution in [0.5, 0.6) is 5.75 Å². The first-order valence-corrected chi connectivity index (χ1v) is 8.61. The Morgan fingerprint density at radius 1 is 1.25 bits per heavy atom. The Morgan fingerprint density at radius 2 is 2.00 bits per heavy atom. The molecule has 5 nitrogen and oxygen atoms in total. The molecule has 7 heteroatoms. The highest BCUT2D eigenvalue weighted by Crippen LogP contribution is 2.45. The molecule has 0 saturated carbocycles. The predicted molar refractivity (Wildman–Crippen MR) is 90.6 cm³/mol. The Labute approximate surface area is 150 Å². The van der Waals surface area contributed by atoms with Gasteiger partial charge in [-0.1, -0.05) is 23.2 Å². The van der Waals surface area contributed by atoms with Crippen molar-refractivity contribution in [3.63, 3.8) is 0 Å². The predicted octanol–water partition coefficient (Wildman–Crippen LogP) is 3.27. The van der Waals surface area contributed by atoms with E-state index in [9.17, 15) is 9.59 Å². The highest BCUT2D eigenvalue weighted by molar-refractivity contribution is 6.42. The first-order valence-electron chi connectivity index (χ1n) is 7.85. The Kier molecular flexibility index (Phi) is 4.92. The summed E-state index contributed by atoms with van der Waals surface area (Å²) in [6, 6.07) is 3.51. The molecule has 3 atom stereocenters. The van der Waals surface area contributed by atoms with Gasteiger partial charge in [-0.05, 0) is 25.0 Å². The number of ether oxygens (including phenoxy) is 2. The SMILES string of the molecule is COC(=O)C1CC(=O)N2C[C@@H](c3c(OC)ccc(Cl)c3Cl)C[C@H]2C1. The molecule has 0 bridgehead atoms. The van der Waals surface area contributed by atoms with E-state index < -0.39 is 0 Å². The zero-order chi connectivity index (χ0) is 17.4. The Bertz CT molecular complexity index is 679. The average molecular weight is 372 g/mol. The van der Waals surface area contributed by atoms with Crippen LogP contribution in [0.25, 0.3) is 0 Å². The number of methoxy groups -OCH3 is 2. The fraction of sp³-hybridized carbons (Fsp3) is 0.529. The Morgan fingerprint density at radius 3 is 2.67 bits per heavy atom. The number of rotatable bonds is 3. The average Bonchev–Trinajstić information content (AvgIpc) is 3.00. The molecule has 1 aromatic rings. The Hall–Kier alpha value is -1.46. The van der Waals surface area contributed by atoms with Crippen LogP contribution in [-0.4, -0.2) is 43.6 Å². The van der Waals surface area contributed by atoms with Crippen molar-refractivity contribution in [3.05, 3.63) is 27.7 Å². The molecule has 2 heterocycles. The van der Waals surface area contributed by atoms with E-state index in [4.69, 9.17) is 32.7 Å². The fourth-order valence-corrected chi connectivity index (χ4v) is 4.32. The molecule has 0 spiro atoms. The molecule has 0 aromatic heterocycles. The van der Waals surface area contributed by atoms with Crippen LogP contribution in [0, 0.1) is 5.92 Å². The smallest absolute Gasteiger partial charge is 0.309 e. The minimum Gasteiger partial charge on any atom is -0.496 e. The van der Waals surface area contributed by atoms with Crippen LogP contribution < -0.4 is 4.74 Å². The second kappa shape index (κ2) is 6.81. The number of hydrogen-bond acceptors (Lipinski definition) is 4. The summed E-state index contributed by atoms with van der Waals surface area (Å²) in [6.07, 6.45) is 1.56. The molecule has 0 radical (unpaired) electrons. The molecule has 2 aliphatic heterocycles. The molecule has 130 valence electrons. The summed E-state index contributed by atoms with van der Waals surface area (Å²) >= 11 is 12.6. The van der Waals surface area contributed by atoms with Gasteiger partial charge >= 0.3 is 5.97 Å². The molecule has 2 fully saturated rings. The minimum atomic E-state index is -0.362. The van der Waals surface area contributed by atoms with Gasteiger partial charge in [-0.25, -0.2) is 0 Å². The molecule has 1 amide bonds. The number of carbonyl (C=O) groups excluding carboxylic acids is 2. The van der Waals surface area contributed by atoms with Crippen LogP contribution in [0.4, 0.5) is 0 Å². The summed E-state index contributed by atoms with van der Waals surface area (Å²) in [5, 5.41) is 0.939. The van der Waals surface area contributed by atoms with Gasteiger partial charge in [0.25, 0.3) is 0 Å². The highest BCUT2D eigenvalue weighted by atomic mass is 35.5. The second-order valence-electron chi connectivity index (χ2n) is 6.27. The molecular weight excluding hydrogens is 353 g/mol. The number of fused-ring (bicyclic) bond motifs is 1. The van der Waals surface area contributed by atoms with E-state index in [1.165, 1.54) is 7.11 Å². The normalized spacial score (nSPS) is 26.2. The largest absolute Gasteiger partial charge is 0.496 e. The summed E-state index contributed by atoms with van der Waals surface area (Å²) in [4.78, 5) is 26.1. The molecular formula is C17H19Cl2NO4. The van der Waals surface area contributed by atoms with E-state index in [1.54, 1.807) is 19.2 Å². The zero-order valence-electron chi connectivity index (χ0n) is 13.6. The fourth-order valence-electron chi connectivity index (χ4n) is 3.85. The quantitative estimate of drug-likeness (QED) is 0.765. The van der Waals surface area contributed by atoms with Gasteiger partial charge in [-0.3, -0.25) is 9.59 Å². The summed E-state index contributed by atoms with van der Waals surface area (Å²) in [7, 11) is 2.94. The van der Waals surface area contributed by atoms with Crippen molar-refractivity contribution in [1.82, 2.24) is 4.90 Å². The number of halogens is 2. The van der Waals surface area contributed by atoms with Crippen LogP contribution in [-0.2, 0) is 14.3 Å². The van der Waals surface area contributed by atoms with Crippen LogP contribution >= 0.6 is 23.2 Å². The summed E-state index contributed by atoms with van der Waals surface area (Å²) in [5.41, 5.74) is 0.837. The monoisotopic (exact) mass is 371 g/mol. The van der Waals surface area contributed by atoms with Crippen molar-refractivity contribution >= 4 is 35.1 Å². The maximum atomic E-state index is 12.4. The summed E-state index contributed by atoms with van der Waals surface area (Å²) < 4.78 is 10.2. The van der Waals surface area contributed by atoms with Crippen LogP contribution in [0.1, 0.15) is 30.7 Å². The van der Waals surface area contributed by atoms with E-state index in [-0.39, 0.29) is 36.2 Å². The van der Waals surface area contributed by atoms with Gasteiger partial charge in [0.2, 0.25) is 5.91 Å². The molecule has 2 saturated heterocycles. The molecule has 1 unspecified atom stereocenters. The lowest BCUT2D eigenvalue weighted by atomic mass is 9.88. The van der Waals surface area contributed by atoms with Crippen molar-refractivity contribution in [1.29, 1.82) is 0 Å². The number of nitrogens with zero attached hydrogens (tertiary/aromatic N) is 1. The van der Waals surface area contributed by atoms with Crippen molar-refractivity contribution in [2.75, 3.05) is 20.8 Å². The Balaban J connectivity index is 1.87. The van der Waals surface area contributed by atoms with Crippen LogP contribution in [0.3, 0.4) is 0 Å². The number of esters is 1. The molecule has 2 aliphatic rings. The summed E-state index contributed by atoms with van der Waals surface area (Å²) in [5.74, 6) is 0.0213. The van der Waals surface area contributed by atoms with E-state index in [0.717, 1.165) is 12.0 Å². The second-order valence-corrected chi connectivity index (χ2v) is 7.05. The van der Waals surface area contributed by atoms with Gasteiger partial charge in [-0.2, -0.15) is 0 Å². The van der Waals surface area contributed by atoms with Crippen molar-refractivity contribution in [2.24, 2.45) is 5.92 Å². The van der Waals surface area contributed by atoms with Crippen molar-refractivity contribution in [3.8, 4) is 5.75 Å². The minimum absolute atomic E-state index is 0.0127. The number of hydrogen-bond donors (Lipinski definition) is 0. The summed E-state index contributed by atoms with van der Waals surface area (Å²) in [6.45, 7) is 0.563. The van der Waals surface area contributed by atoms with E-state index in [1.807, 2.05) is 4.90 Å². The maximum absolute atomic E-state index is 12.4. The van der Waals surface area contributed by atoms with Crippen molar-refractivity contribution < 1.29 is 19.1 Å². The molecule has 3 rings (SSSR count). The van der Waals surface area contributed by atoms with Crippen LogP contribution in [0.2, 0.25) is 10.0 Å². The van der Waals surface area contributed by atoms with Gasteiger partial charge in [0.05, 0.1) is 30.2 Å². The molecule has 1 aromatic carbocycles. The zero-order valence-corrected chi connectivity index (χ0v) is 15.1. The van der Waals surface area contributed by atoms with Gasteiger partial charge in [0.1, 0.15) is 5.75 Å².